The Kier molecular flexibility index (Phi) is 5.38. The second kappa shape index (κ2) is 8.32. The maximum Gasteiger partial charge on any atom is 0.253 e. The Balaban J connectivity index is 1.41. The van der Waals surface area contributed by atoms with Gasteiger partial charge in [0.1, 0.15) is 5.82 Å². The van der Waals surface area contributed by atoms with Gasteiger partial charge in [0.25, 0.3) is 5.91 Å². The SMILES string of the molecule is Cc1[nH]c2ccccc2c1SCC(=O)N1N=C(c2cccs2)C[C@H]1c1ccc(F)cc1. The summed E-state index contributed by atoms with van der Waals surface area (Å²) < 4.78 is 13.5. The number of thioether (sulfide) groups is 1. The molecule has 1 atom stereocenters. The highest BCUT2D eigenvalue weighted by atomic mass is 32.2. The second-order valence-corrected chi connectivity index (χ2v) is 9.38. The summed E-state index contributed by atoms with van der Waals surface area (Å²) in [7, 11) is 0. The van der Waals surface area contributed by atoms with Gasteiger partial charge in [0.2, 0.25) is 0 Å². The zero-order valence-corrected chi connectivity index (χ0v) is 18.5. The van der Waals surface area contributed by atoms with E-state index in [2.05, 4.69) is 11.1 Å². The first kappa shape index (κ1) is 20.0. The van der Waals surface area contributed by atoms with Gasteiger partial charge >= 0.3 is 0 Å². The molecule has 7 heteroatoms. The number of carbonyl (C=O) groups excluding carboxylic acids is 1. The number of thiophene rings is 1. The van der Waals surface area contributed by atoms with E-state index in [0.717, 1.165) is 37.6 Å². The number of carbonyl (C=O) groups is 1. The molecule has 1 aliphatic heterocycles. The molecule has 1 N–H and O–H groups in total. The number of aryl methyl sites for hydroxylation is 1. The van der Waals surface area contributed by atoms with Crippen LogP contribution in [0.15, 0.2) is 76.0 Å². The van der Waals surface area contributed by atoms with E-state index in [1.807, 2.05) is 42.6 Å². The number of halogens is 1. The summed E-state index contributed by atoms with van der Waals surface area (Å²) in [6, 6.07) is 18.2. The van der Waals surface area contributed by atoms with Gasteiger partial charge in [0.05, 0.1) is 22.4 Å². The average molecular weight is 450 g/mol. The van der Waals surface area contributed by atoms with Crippen LogP contribution in [0.3, 0.4) is 0 Å². The Hall–Kier alpha value is -2.90. The largest absolute Gasteiger partial charge is 0.358 e. The van der Waals surface area contributed by atoms with Crippen molar-refractivity contribution in [3.05, 3.63) is 88.0 Å². The summed E-state index contributed by atoms with van der Waals surface area (Å²) in [6.07, 6.45) is 0.620. The molecule has 0 saturated carbocycles. The van der Waals surface area contributed by atoms with Gasteiger partial charge < -0.3 is 4.98 Å². The van der Waals surface area contributed by atoms with E-state index in [-0.39, 0.29) is 23.5 Å². The van der Waals surface area contributed by atoms with Crippen LogP contribution in [0, 0.1) is 12.7 Å². The molecule has 0 fully saturated rings. The Labute approximate surface area is 187 Å². The third kappa shape index (κ3) is 3.91. The van der Waals surface area contributed by atoms with Gasteiger partial charge in [0.15, 0.2) is 0 Å². The van der Waals surface area contributed by atoms with Crippen molar-refractivity contribution in [3.8, 4) is 0 Å². The monoisotopic (exact) mass is 449 g/mol. The Morgan fingerprint density at radius 3 is 2.77 bits per heavy atom. The van der Waals surface area contributed by atoms with Crippen molar-refractivity contribution in [1.82, 2.24) is 9.99 Å². The zero-order valence-electron chi connectivity index (χ0n) is 16.8. The lowest BCUT2D eigenvalue weighted by Crippen LogP contribution is -2.28. The molecule has 2 aromatic carbocycles. The lowest BCUT2D eigenvalue weighted by atomic mass is 10.0. The molecule has 4 aromatic rings. The number of H-pyrrole nitrogens is 1. The summed E-state index contributed by atoms with van der Waals surface area (Å²) in [5.41, 5.74) is 3.90. The molecular weight excluding hydrogens is 429 g/mol. The van der Waals surface area contributed by atoms with Gasteiger partial charge in [-0.3, -0.25) is 4.79 Å². The van der Waals surface area contributed by atoms with Gasteiger partial charge in [-0.1, -0.05) is 36.4 Å². The first-order valence-electron chi connectivity index (χ1n) is 9.99. The van der Waals surface area contributed by atoms with Crippen LogP contribution in [-0.4, -0.2) is 27.4 Å². The van der Waals surface area contributed by atoms with E-state index in [0.29, 0.717) is 6.42 Å². The van der Waals surface area contributed by atoms with E-state index < -0.39 is 0 Å². The maximum atomic E-state index is 13.5. The van der Waals surface area contributed by atoms with Crippen LogP contribution in [0.5, 0.6) is 0 Å². The number of fused-ring (bicyclic) bond motifs is 1. The molecule has 1 amide bonds. The number of hydrogen-bond donors (Lipinski definition) is 1. The number of hydrogen-bond acceptors (Lipinski definition) is 4. The van der Waals surface area contributed by atoms with E-state index in [1.54, 1.807) is 28.5 Å². The zero-order chi connectivity index (χ0) is 21.4. The van der Waals surface area contributed by atoms with Crippen molar-refractivity contribution in [2.75, 3.05) is 5.75 Å². The third-order valence-corrected chi connectivity index (χ3v) is 7.53. The van der Waals surface area contributed by atoms with Crippen molar-refractivity contribution in [3.63, 3.8) is 0 Å². The van der Waals surface area contributed by atoms with Crippen LogP contribution in [-0.2, 0) is 4.79 Å². The smallest absolute Gasteiger partial charge is 0.253 e. The molecule has 3 heterocycles. The van der Waals surface area contributed by atoms with Gasteiger partial charge in [-0.15, -0.1) is 23.1 Å². The molecular formula is C24H20FN3OS2. The van der Waals surface area contributed by atoms with E-state index in [4.69, 9.17) is 5.10 Å². The number of rotatable bonds is 5. The van der Waals surface area contributed by atoms with Crippen LogP contribution in [0.25, 0.3) is 10.9 Å². The minimum Gasteiger partial charge on any atom is -0.358 e. The van der Waals surface area contributed by atoms with Gasteiger partial charge in [-0.2, -0.15) is 5.10 Å². The standard InChI is InChI=1S/C24H20FN3OS2/c1-15-24(18-5-2-3-6-19(18)26-15)31-14-23(29)28-21(16-8-10-17(25)11-9-16)13-20(27-28)22-7-4-12-30-22/h2-12,21,26H,13-14H2,1H3/t21-/m0/s1. The fraction of sp³-hybridized carbons (Fsp3) is 0.167. The Morgan fingerprint density at radius 1 is 1.19 bits per heavy atom. The predicted octanol–water partition coefficient (Wildman–Crippen LogP) is 6.15. The number of aromatic nitrogens is 1. The molecule has 0 spiro atoms. The van der Waals surface area contributed by atoms with Crippen molar-refractivity contribution >= 4 is 45.6 Å². The van der Waals surface area contributed by atoms with Gasteiger partial charge in [-0.25, -0.2) is 9.40 Å². The molecule has 4 nitrogen and oxygen atoms in total. The maximum absolute atomic E-state index is 13.5. The predicted molar refractivity (Wildman–Crippen MR) is 125 cm³/mol. The molecule has 0 saturated heterocycles. The Bertz CT molecular complexity index is 1260. The van der Waals surface area contributed by atoms with E-state index in [1.165, 1.54) is 23.9 Å². The number of hydrazone groups is 1. The number of benzene rings is 2. The van der Waals surface area contributed by atoms with Crippen molar-refractivity contribution < 1.29 is 9.18 Å². The van der Waals surface area contributed by atoms with Gasteiger partial charge in [0, 0.05) is 27.9 Å². The normalized spacial score (nSPS) is 16.1. The van der Waals surface area contributed by atoms with Gasteiger partial charge in [-0.05, 0) is 42.1 Å². The van der Waals surface area contributed by atoms with Crippen LogP contribution < -0.4 is 0 Å². The second-order valence-electron chi connectivity index (χ2n) is 7.45. The third-order valence-electron chi connectivity index (χ3n) is 5.40. The van der Waals surface area contributed by atoms with Crippen molar-refractivity contribution in [2.45, 2.75) is 24.3 Å². The molecule has 0 unspecified atom stereocenters. The quantitative estimate of drug-likeness (QED) is 0.372. The van der Waals surface area contributed by atoms with Crippen LogP contribution in [0.1, 0.15) is 28.6 Å². The molecule has 0 aliphatic carbocycles. The lowest BCUT2D eigenvalue weighted by Gasteiger charge is -2.22. The van der Waals surface area contributed by atoms with Crippen LogP contribution in [0.2, 0.25) is 0 Å². The molecule has 5 rings (SSSR count). The van der Waals surface area contributed by atoms with E-state index >= 15 is 0 Å². The lowest BCUT2D eigenvalue weighted by molar-refractivity contribution is -0.130. The minimum atomic E-state index is -0.288. The highest BCUT2D eigenvalue weighted by Gasteiger charge is 2.33. The highest BCUT2D eigenvalue weighted by Crippen LogP contribution is 2.36. The highest BCUT2D eigenvalue weighted by molar-refractivity contribution is 8.00. The number of nitrogens with zero attached hydrogens (tertiary/aromatic N) is 2. The number of nitrogens with one attached hydrogen (secondary N) is 1. The molecule has 31 heavy (non-hydrogen) atoms. The first-order chi connectivity index (χ1) is 15.1. The van der Waals surface area contributed by atoms with Crippen molar-refractivity contribution in [1.29, 1.82) is 0 Å². The topological polar surface area (TPSA) is 48.5 Å². The number of amides is 1. The summed E-state index contributed by atoms with van der Waals surface area (Å²) in [5.74, 6) is -0.0679. The average Bonchev–Trinajstić information content (AvgIpc) is 3.51. The molecule has 1 aliphatic rings. The Morgan fingerprint density at radius 2 is 2.00 bits per heavy atom. The van der Waals surface area contributed by atoms with Crippen molar-refractivity contribution in [2.24, 2.45) is 5.10 Å². The molecule has 0 bridgehead atoms. The summed E-state index contributed by atoms with van der Waals surface area (Å²) in [5, 5.41) is 9.40. The number of para-hydroxylation sites is 1. The molecule has 2 aromatic heterocycles. The summed E-state index contributed by atoms with van der Waals surface area (Å²) in [6.45, 7) is 2.02. The number of aromatic amines is 1. The first-order valence-corrected chi connectivity index (χ1v) is 11.9. The minimum absolute atomic E-state index is 0.0597. The summed E-state index contributed by atoms with van der Waals surface area (Å²) >= 11 is 3.14. The van der Waals surface area contributed by atoms with Crippen LogP contribution in [0.4, 0.5) is 4.39 Å². The molecule has 0 radical (unpaired) electrons. The van der Waals surface area contributed by atoms with E-state index in [9.17, 15) is 9.18 Å². The van der Waals surface area contributed by atoms with Crippen LogP contribution >= 0.6 is 23.1 Å². The fourth-order valence-corrected chi connectivity index (χ4v) is 5.64. The molecule has 156 valence electrons. The fourth-order valence-electron chi connectivity index (χ4n) is 3.91. The summed E-state index contributed by atoms with van der Waals surface area (Å²) in [4.78, 5) is 18.8.